The molecule has 0 aliphatic carbocycles. The molecule has 3 aromatic rings. The molecular formula is C38H45Cl2N5O7. The molecule has 3 aliphatic heterocycles. The molecule has 6 rings (SSSR count). The molecule has 2 unspecified atom stereocenters. The fourth-order valence-corrected chi connectivity index (χ4v) is 8.26. The molecule has 0 saturated carbocycles. The van der Waals surface area contributed by atoms with Gasteiger partial charge in [-0.2, -0.15) is 0 Å². The number of carboxylic acids is 1. The number of hydrogen-bond acceptors (Lipinski definition) is 8. The lowest BCUT2D eigenvalue weighted by molar-refractivity contribution is -0.141. The van der Waals surface area contributed by atoms with Crippen LogP contribution in [0.3, 0.4) is 0 Å². The van der Waals surface area contributed by atoms with E-state index in [1.807, 2.05) is 35.2 Å². The molecule has 0 radical (unpaired) electrons. The quantitative estimate of drug-likeness (QED) is 0.253. The minimum Gasteiger partial charge on any atom is -0.493 e. The number of amides is 3. The fraction of sp³-hybridized carbons (Fsp3) is 0.474. The van der Waals surface area contributed by atoms with Crippen molar-refractivity contribution < 1.29 is 33.7 Å². The number of piperidine rings is 1. The first-order valence-electron chi connectivity index (χ1n) is 17.5. The number of benzene rings is 2. The van der Waals surface area contributed by atoms with Gasteiger partial charge < -0.3 is 39.3 Å². The van der Waals surface area contributed by atoms with Crippen LogP contribution in [-0.4, -0.2) is 110 Å². The molecule has 1 aromatic heterocycles. The van der Waals surface area contributed by atoms with Crippen molar-refractivity contribution in [3.63, 3.8) is 0 Å². The average Bonchev–Trinajstić information content (AvgIpc) is 3.85. The summed E-state index contributed by atoms with van der Waals surface area (Å²) in [7, 11) is 4.57. The van der Waals surface area contributed by atoms with E-state index in [-0.39, 0.29) is 23.9 Å². The largest absolute Gasteiger partial charge is 0.493 e. The summed E-state index contributed by atoms with van der Waals surface area (Å²) in [6, 6.07) is 12.7. The van der Waals surface area contributed by atoms with Gasteiger partial charge in [-0.25, -0.2) is 4.79 Å². The van der Waals surface area contributed by atoms with Gasteiger partial charge >= 0.3 is 12.0 Å². The predicted molar refractivity (Wildman–Crippen MR) is 197 cm³/mol. The molecule has 2 atom stereocenters. The van der Waals surface area contributed by atoms with Crippen LogP contribution < -0.4 is 19.5 Å². The maximum atomic E-state index is 14.0. The van der Waals surface area contributed by atoms with E-state index in [0.717, 1.165) is 43.6 Å². The summed E-state index contributed by atoms with van der Waals surface area (Å²) in [5, 5.41) is 13.7. The van der Waals surface area contributed by atoms with Crippen LogP contribution in [-0.2, 0) is 15.7 Å². The molecule has 2 N–H and O–H groups in total. The highest BCUT2D eigenvalue weighted by Crippen LogP contribution is 2.43. The van der Waals surface area contributed by atoms with E-state index in [2.05, 4.69) is 15.2 Å². The van der Waals surface area contributed by atoms with Gasteiger partial charge in [-0.3, -0.25) is 14.6 Å². The standard InChI is InChI=1S/C38H45Cl2N5O7/c1-50-31-20-26(21-32(51-2)33(31)52-3)34(46)45-19-10-37(24-45,28-4-5-29(39)30(40)22-28)9-16-43-17-11-38(12-18-43,27-6-13-41-14-7-27)42-36(49)44-15-8-25(23-44)35(47)48/h4-7,13-14,20-22,25H,8-12,15-19,23-24H2,1-3H3,(H,42,49)(H,47,48). The Labute approximate surface area is 313 Å². The topological polar surface area (TPSA) is 134 Å². The lowest BCUT2D eigenvalue weighted by Gasteiger charge is -2.44. The van der Waals surface area contributed by atoms with Crippen molar-refractivity contribution in [2.24, 2.45) is 5.92 Å². The third kappa shape index (κ3) is 7.60. The smallest absolute Gasteiger partial charge is 0.318 e. The summed E-state index contributed by atoms with van der Waals surface area (Å²) in [6.45, 7) is 3.87. The van der Waals surface area contributed by atoms with Gasteiger partial charge in [0, 0.05) is 62.6 Å². The second kappa shape index (κ2) is 15.8. The highest BCUT2D eigenvalue weighted by molar-refractivity contribution is 6.42. The van der Waals surface area contributed by atoms with Gasteiger partial charge in [-0.15, -0.1) is 0 Å². The van der Waals surface area contributed by atoms with Gasteiger partial charge in [0.2, 0.25) is 5.75 Å². The Balaban J connectivity index is 1.19. The molecule has 0 bridgehead atoms. The number of pyridine rings is 1. The second-order valence-corrected chi connectivity index (χ2v) is 14.7. The highest BCUT2D eigenvalue weighted by Gasteiger charge is 2.44. The molecule has 2 aromatic carbocycles. The van der Waals surface area contributed by atoms with Crippen molar-refractivity contribution in [2.45, 2.75) is 43.1 Å². The Morgan fingerprint density at radius 3 is 2.15 bits per heavy atom. The van der Waals surface area contributed by atoms with E-state index in [1.54, 1.807) is 29.4 Å². The first-order chi connectivity index (χ1) is 25.0. The Hall–Kier alpha value is -4.26. The molecule has 14 heteroatoms. The van der Waals surface area contributed by atoms with Crippen LogP contribution in [0.1, 0.15) is 53.6 Å². The molecule has 3 saturated heterocycles. The van der Waals surface area contributed by atoms with Crippen molar-refractivity contribution >= 4 is 41.1 Å². The van der Waals surface area contributed by atoms with Crippen LogP contribution >= 0.6 is 23.2 Å². The monoisotopic (exact) mass is 753 g/mol. The molecule has 12 nitrogen and oxygen atoms in total. The number of aromatic nitrogens is 1. The maximum absolute atomic E-state index is 14.0. The number of likely N-dealkylation sites (tertiary alicyclic amines) is 3. The van der Waals surface area contributed by atoms with E-state index in [4.69, 9.17) is 37.4 Å². The van der Waals surface area contributed by atoms with Crippen LogP contribution in [0.25, 0.3) is 0 Å². The summed E-state index contributed by atoms with van der Waals surface area (Å²) in [5.74, 6) is -0.309. The second-order valence-electron chi connectivity index (χ2n) is 13.9. The number of rotatable bonds is 11. The number of hydrogen-bond donors (Lipinski definition) is 2. The van der Waals surface area contributed by atoms with Gasteiger partial charge in [0.25, 0.3) is 5.91 Å². The van der Waals surface area contributed by atoms with Crippen LogP contribution in [0.15, 0.2) is 54.9 Å². The maximum Gasteiger partial charge on any atom is 0.318 e. The molecule has 0 spiro atoms. The zero-order valence-corrected chi connectivity index (χ0v) is 31.2. The van der Waals surface area contributed by atoms with Crippen molar-refractivity contribution in [1.82, 2.24) is 25.0 Å². The number of methoxy groups -OCH3 is 3. The number of carbonyl (C=O) groups excluding carboxylic acids is 2. The van der Waals surface area contributed by atoms with Crippen LogP contribution in [0, 0.1) is 5.92 Å². The van der Waals surface area contributed by atoms with E-state index >= 15 is 0 Å². The zero-order chi connectivity index (χ0) is 37.0. The van der Waals surface area contributed by atoms with E-state index in [1.165, 1.54) is 21.3 Å². The first-order valence-corrected chi connectivity index (χ1v) is 18.2. The van der Waals surface area contributed by atoms with Gasteiger partial charge in [0.05, 0.1) is 42.8 Å². The number of carboxylic acid groups (broad SMARTS) is 1. The number of nitrogens with one attached hydrogen (secondary N) is 1. The summed E-state index contributed by atoms with van der Waals surface area (Å²) in [5.41, 5.74) is 1.46. The first kappa shape index (κ1) is 37.5. The number of nitrogens with zero attached hydrogens (tertiary/aromatic N) is 4. The van der Waals surface area contributed by atoms with Gasteiger partial charge in [-0.1, -0.05) is 29.3 Å². The number of aliphatic carboxylic acids is 1. The number of carbonyl (C=O) groups is 3. The Morgan fingerprint density at radius 2 is 1.56 bits per heavy atom. The van der Waals surface area contributed by atoms with E-state index < -0.39 is 17.4 Å². The van der Waals surface area contributed by atoms with Crippen molar-refractivity contribution in [2.75, 3.05) is 67.1 Å². The van der Waals surface area contributed by atoms with Crippen LogP contribution in [0.2, 0.25) is 10.0 Å². The van der Waals surface area contributed by atoms with Gasteiger partial charge in [0.15, 0.2) is 11.5 Å². The SMILES string of the molecule is COc1cc(C(=O)N2CCC(CCN3CCC(NC(=O)N4CCC(C(=O)O)C4)(c4ccncc4)CC3)(c3ccc(Cl)c(Cl)c3)C2)cc(OC)c1OC. The number of halogens is 2. The molecule has 4 heterocycles. The summed E-state index contributed by atoms with van der Waals surface area (Å²) >= 11 is 12.9. The van der Waals surface area contributed by atoms with E-state index in [9.17, 15) is 19.5 Å². The zero-order valence-electron chi connectivity index (χ0n) is 29.7. The summed E-state index contributed by atoms with van der Waals surface area (Å²) < 4.78 is 16.5. The van der Waals surface area contributed by atoms with E-state index in [0.29, 0.717) is 71.8 Å². The van der Waals surface area contributed by atoms with Crippen molar-refractivity contribution in [3.8, 4) is 17.2 Å². The number of ether oxygens (including phenoxy) is 3. The molecular weight excluding hydrogens is 709 g/mol. The Bertz CT molecular complexity index is 1760. The van der Waals surface area contributed by atoms with Crippen LogP contribution in [0.5, 0.6) is 17.2 Å². The third-order valence-electron chi connectivity index (χ3n) is 11.1. The van der Waals surface area contributed by atoms with Gasteiger partial charge in [0.1, 0.15) is 0 Å². The minimum atomic E-state index is -0.873. The Kier molecular flexibility index (Phi) is 11.4. The lowest BCUT2D eigenvalue weighted by Crippen LogP contribution is -2.56. The lowest BCUT2D eigenvalue weighted by atomic mass is 9.76. The molecule has 52 heavy (non-hydrogen) atoms. The number of urea groups is 1. The summed E-state index contributed by atoms with van der Waals surface area (Å²) in [4.78, 5) is 49.2. The molecule has 3 amide bonds. The normalized spacial score (nSPS) is 21.5. The van der Waals surface area contributed by atoms with Crippen molar-refractivity contribution in [1.29, 1.82) is 0 Å². The van der Waals surface area contributed by atoms with Crippen LogP contribution in [0.4, 0.5) is 4.79 Å². The Morgan fingerprint density at radius 1 is 0.865 bits per heavy atom. The molecule has 278 valence electrons. The predicted octanol–water partition coefficient (Wildman–Crippen LogP) is 5.70. The minimum absolute atomic E-state index is 0.135. The van der Waals surface area contributed by atoms with Gasteiger partial charge in [-0.05, 0) is 86.2 Å². The third-order valence-corrected chi connectivity index (χ3v) is 11.8. The average molecular weight is 755 g/mol. The van der Waals surface area contributed by atoms with Crippen molar-refractivity contribution in [3.05, 3.63) is 81.6 Å². The highest BCUT2D eigenvalue weighted by atomic mass is 35.5. The fourth-order valence-electron chi connectivity index (χ4n) is 7.96. The molecule has 3 aliphatic rings. The summed E-state index contributed by atoms with van der Waals surface area (Å²) in [6.07, 6.45) is 6.76. The molecule has 3 fully saturated rings.